The summed E-state index contributed by atoms with van der Waals surface area (Å²) in [6, 6.07) is 0. The summed E-state index contributed by atoms with van der Waals surface area (Å²) < 4.78 is 10.6. The van der Waals surface area contributed by atoms with Crippen molar-refractivity contribution in [3.63, 3.8) is 0 Å². The average Bonchev–Trinajstić information content (AvgIpc) is 2.05. The molecule has 0 saturated heterocycles. The van der Waals surface area contributed by atoms with Crippen LogP contribution in [0, 0.1) is 0 Å². The predicted octanol–water partition coefficient (Wildman–Crippen LogP) is 1.12. The van der Waals surface area contributed by atoms with Gasteiger partial charge in [0.25, 0.3) is 0 Å². The van der Waals surface area contributed by atoms with Crippen LogP contribution in [0.5, 0.6) is 0 Å². The number of rotatable bonds is 7. The second-order valence-corrected chi connectivity index (χ2v) is 2.41. The molecule has 0 aliphatic heterocycles. The molecule has 0 radical (unpaired) electrons. The predicted molar refractivity (Wildman–Crippen MR) is 45.3 cm³/mol. The van der Waals surface area contributed by atoms with E-state index in [-0.39, 0.29) is 6.29 Å². The highest BCUT2D eigenvalue weighted by Crippen LogP contribution is 1.95. The fourth-order valence-corrected chi connectivity index (χ4v) is 0.683. The third-order valence-electron chi connectivity index (χ3n) is 1.21. The van der Waals surface area contributed by atoms with Crippen molar-refractivity contribution in [1.29, 1.82) is 0 Å². The summed E-state index contributed by atoms with van der Waals surface area (Å²) in [5, 5.41) is 0. The molecule has 0 aromatic carbocycles. The minimum Gasteiger partial charge on any atom is -0.351 e. The fourth-order valence-electron chi connectivity index (χ4n) is 0.683. The Hall–Kier alpha value is -0.120. The van der Waals surface area contributed by atoms with Crippen LogP contribution in [0.15, 0.2) is 0 Å². The van der Waals surface area contributed by atoms with Crippen LogP contribution >= 0.6 is 0 Å². The van der Waals surface area contributed by atoms with Gasteiger partial charge in [0.2, 0.25) is 0 Å². The van der Waals surface area contributed by atoms with Crippen molar-refractivity contribution < 1.29 is 9.47 Å². The zero-order chi connectivity index (χ0) is 8.53. The van der Waals surface area contributed by atoms with Crippen LogP contribution in [0.2, 0.25) is 0 Å². The van der Waals surface area contributed by atoms with Crippen molar-refractivity contribution >= 4 is 0 Å². The first-order valence-electron chi connectivity index (χ1n) is 4.28. The number of nitrogens with two attached hydrogens (primary N) is 1. The molecular formula is C8H19NO2. The van der Waals surface area contributed by atoms with E-state index in [0.29, 0.717) is 6.54 Å². The van der Waals surface area contributed by atoms with Gasteiger partial charge in [-0.1, -0.05) is 13.8 Å². The first kappa shape index (κ1) is 10.9. The fraction of sp³-hybridized carbons (Fsp3) is 1.00. The number of ether oxygens (including phenoxy) is 2. The highest BCUT2D eigenvalue weighted by Gasteiger charge is 2.03. The van der Waals surface area contributed by atoms with Crippen LogP contribution in [0.3, 0.4) is 0 Å². The average molecular weight is 161 g/mol. The molecule has 0 aromatic rings. The van der Waals surface area contributed by atoms with E-state index in [1.165, 1.54) is 0 Å². The van der Waals surface area contributed by atoms with Crippen LogP contribution < -0.4 is 5.73 Å². The molecule has 0 aliphatic carbocycles. The zero-order valence-electron chi connectivity index (χ0n) is 7.51. The van der Waals surface area contributed by atoms with Gasteiger partial charge < -0.3 is 15.2 Å². The smallest absolute Gasteiger partial charge is 0.169 e. The van der Waals surface area contributed by atoms with Crippen LogP contribution in [0.25, 0.3) is 0 Å². The summed E-state index contributed by atoms with van der Waals surface area (Å²) in [5.41, 5.74) is 5.40. The van der Waals surface area contributed by atoms with Crippen molar-refractivity contribution in [3.8, 4) is 0 Å². The molecule has 3 heteroatoms. The topological polar surface area (TPSA) is 44.5 Å². The van der Waals surface area contributed by atoms with Crippen LogP contribution in [0.4, 0.5) is 0 Å². The molecule has 3 nitrogen and oxygen atoms in total. The van der Waals surface area contributed by atoms with Crippen LogP contribution in [0.1, 0.15) is 26.7 Å². The van der Waals surface area contributed by atoms with Gasteiger partial charge in [-0.05, 0) is 12.8 Å². The van der Waals surface area contributed by atoms with Gasteiger partial charge in [0.1, 0.15) is 0 Å². The Kier molecular flexibility index (Phi) is 7.89. The Labute approximate surface area is 68.9 Å². The van der Waals surface area contributed by atoms with Crippen LogP contribution in [-0.4, -0.2) is 26.0 Å². The van der Waals surface area contributed by atoms with Gasteiger partial charge in [-0.15, -0.1) is 0 Å². The summed E-state index contributed by atoms with van der Waals surface area (Å²) >= 11 is 0. The monoisotopic (exact) mass is 161 g/mol. The van der Waals surface area contributed by atoms with E-state index in [9.17, 15) is 0 Å². The van der Waals surface area contributed by atoms with Gasteiger partial charge >= 0.3 is 0 Å². The minimum atomic E-state index is -0.199. The molecule has 2 N–H and O–H groups in total. The van der Waals surface area contributed by atoms with Crippen molar-refractivity contribution in [2.45, 2.75) is 33.0 Å². The Morgan fingerprint density at radius 1 is 1.09 bits per heavy atom. The maximum atomic E-state index is 5.40. The van der Waals surface area contributed by atoms with E-state index >= 15 is 0 Å². The summed E-state index contributed by atoms with van der Waals surface area (Å²) in [5.74, 6) is 0. The Balaban J connectivity index is 3.25. The lowest BCUT2D eigenvalue weighted by molar-refractivity contribution is -0.135. The van der Waals surface area contributed by atoms with Gasteiger partial charge in [-0.25, -0.2) is 0 Å². The lowest BCUT2D eigenvalue weighted by Gasteiger charge is -2.15. The maximum Gasteiger partial charge on any atom is 0.169 e. The van der Waals surface area contributed by atoms with E-state index < -0.39 is 0 Å². The summed E-state index contributed by atoms with van der Waals surface area (Å²) in [7, 11) is 0. The second-order valence-electron chi connectivity index (χ2n) is 2.41. The molecule has 0 aliphatic rings. The SMILES string of the molecule is CCCOC(CN)OCCC. The largest absolute Gasteiger partial charge is 0.351 e. The Morgan fingerprint density at radius 2 is 1.55 bits per heavy atom. The van der Waals surface area contributed by atoms with Crippen LogP contribution in [-0.2, 0) is 9.47 Å². The standard InChI is InChI=1S/C8H19NO2/c1-3-5-10-8(7-9)11-6-4-2/h8H,3-7,9H2,1-2H3. The van der Waals surface area contributed by atoms with Gasteiger partial charge in [0, 0.05) is 19.8 Å². The number of hydrogen-bond donors (Lipinski definition) is 1. The minimum absolute atomic E-state index is 0.199. The zero-order valence-corrected chi connectivity index (χ0v) is 7.51. The first-order chi connectivity index (χ1) is 5.35. The van der Waals surface area contributed by atoms with E-state index in [4.69, 9.17) is 15.2 Å². The molecule has 0 rings (SSSR count). The molecular weight excluding hydrogens is 142 g/mol. The molecule has 0 fully saturated rings. The molecule has 0 amide bonds. The molecule has 0 saturated carbocycles. The number of hydrogen-bond acceptors (Lipinski definition) is 3. The molecule has 11 heavy (non-hydrogen) atoms. The Bertz CT molecular complexity index is 70.5. The summed E-state index contributed by atoms with van der Waals surface area (Å²) in [6.07, 6.45) is 1.81. The van der Waals surface area contributed by atoms with Gasteiger partial charge in [-0.3, -0.25) is 0 Å². The van der Waals surface area contributed by atoms with E-state index in [0.717, 1.165) is 26.1 Å². The van der Waals surface area contributed by atoms with Crippen molar-refractivity contribution in [3.05, 3.63) is 0 Å². The van der Waals surface area contributed by atoms with E-state index in [1.807, 2.05) is 0 Å². The second kappa shape index (κ2) is 7.98. The normalized spacial score (nSPS) is 10.9. The first-order valence-corrected chi connectivity index (χ1v) is 4.28. The lowest BCUT2D eigenvalue weighted by atomic mass is 10.5. The molecule has 0 heterocycles. The van der Waals surface area contributed by atoms with Gasteiger partial charge in [-0.2, -0.15) is 0 Å². The molecule has 0 aromatic heterocycles. The molecule has 0 bridgehead atoms. The molecule has 0 unspecified atom stereocenters. The lowest BCUT2D eigenvalue weighted by Crippen LogP contribution is -2.27. The van der Waals surface area contributed by atoms with Gasteiger partial charge in [0.15, 0.2) is 6.29 Å². The summed E-state index contributed by atoms with van der Waals surface area (Å²) in [6.45, 7) is 6.03. The molecule has 0 spiro atoms. The third kappa shape index (κ3) is 6.28. The van der Waals surface area contributed by atoms with Crippen molar-refractivity contribution in [1.82, 2.24) is 0 Å². The third-order valence-corrected chi connectivity index (χ3v) is 1.21. The highest BCUT2D eigenvalue weighted by atomic mass is 16.7. The molecule has 68 valence electrons. The van der Waals surface area contributed by atoms with E-state index in [1.54, 1.807) is 0 Å². The highest BCUT2D eigenvalue weighted by molar-refractivity contribution is 4.43. The maximum absolute atomic E-state index is 5.40. The van der Waals surface area contributed by atoms with Gasteiger partial charge in [0.05, 0.1) is 0 Å². The summed E-state index contributed by atoms with van der Waals surface area (Å²) in [4.78, 5) is 0. The quantitative estimate of drug-likeness (QED) is 0.569. The van der Waals surface area contributed by atoms with Crippen molar-refractivity contribution in [2.24, 2.45) is 5.73 Å². The van der Waals surface area contributed by atoms with Crippen molar-refractivity contribution in [2.75, 3.05) is 19.8 Å². The van der Waals surface area contributed by atoms with E-state index in [2.05, 4.69) is 13.8 Å². The molecule has 0 atom stereocenters. The Morgan fingerprint density at radius 3 is 1.82 bits per heavy atom.